The fourth-order valence-corrected chi connectivity index (χ4v) is 1.99. The highest BCUT2D eigenvalue weighted by molar-refractivity contribution is 5.95. The molecule has 0 aliphatic rings. The van der Waals surface area contributed by atoms with Gasteiger partial charge in [-0.15, -0.1) is 0 Å². The van der Waals surface area contributed by atoms with Crippen molar-refractivity contribution in [1.82, 2.24) is 5.32 Å². The van der Waals surface area contributed by atoms with Gasteiger partial charge in [0.25, 0.3) is 5.91 Å². The number of ether oxygens (including phenoxy) is 1. The van der Waals surface area contributed by atoms with Gasteiger partial charge in [-0.1, -0.05) is 19.1 Å². The van der Waals surface area contributed by atoms with E-state index in [2.05, 4.69) is 5.32 Å². The molecule has 0 heterocycles. The second kappa shape index (κ2) is 8.08. The molecule has 1 amide bonds. The molecule has 2 aromatic rings. The van der Waals surface area contributed by atoms with E-state index in [-0.39, 0.29) is 30.7 Å². The van der Waals surface area contributed by atoms with Gasteiger partial charge in [-0.2, -0.15) is 0 Å². The number of carbonyl (C=O) groups excluding carboxylic acids is 2. The Labute approximate surface area is 134 Å². The van der Waals surface area contributed by atoms with Gasteiger partial charge in [0, 0.05) is 18.5 Å². The molecular weight excluding hydrogens is 297 g/mol. The zero-order valence-electron chi connectivity index (χ0n) is 12.8. The normalized spacial score (nSPS) is 10.2. The number of Topliss-reactive ketones (excluding diaryl/α,β-unsaturated/α-hetero) is 1. The van der Waals surface area contributed by atoms with Crippen LogP contribution in [0.15, 0.2) is 48.5 Å². The zero-order valence-corrected chi connectivity index (χ0v) is 12.8. The molecular formula is C18H18FNO3. The Bertz CT molecular complexity index is 683. The molecule has 0 radical (unpaired) electrons. The summed E-state index contributed by atoms with van der Waals surface area (Å²) in [6.07, 6.45) is 0.447. The van der Waals surface area contributed by atoms with Crippen molar-refractivity contribution < 1.29 is 18.7 Å². The molecule has 0 aliphatic heterocycles. The van der Waals surface area contributed by atoms with Crippen molar-refractivity contribution >= 4 is 11.7 Å². The van der Waals surface area contributed by atoms with Crippen molar-refractivity contribution in [3.05, 3.63) is 65.5 Å². The molecule has 2 aromatic carbocycles. The van der Waals surface area contributed by atoms with Crippen LogP contribution in [0.4, 0.5) is 4.39 Å². The summed E-state index contributed by atoms with van der Waals surface area (Å²) in [5, 5.41) is 2.65. The van der Waals surface area contributed by atoms with Crippen LogP contribution in [0.25, 0.3) is 0 Å². The van der Waals surface area contributed by atoms with Crippen molar-refractivity contribution in [2.75, 3.05) is 6.61 Å². The maximum atomic E-state index is 13.0. The highest BCUT2D eigenvalue weighted by Gasteiger charge is 2.05. The molecule has 0 aliphatic carbocycles. The molecule has 0 spiro atoms. The Balaban J connectivity index is 1.79. The molecule has 120 valence electrons. The van der Waals surface area contributed by atoms with E-state index in [0.29, 0.717) is 23.3 Å². The van der Waals surface area contributed by atoms with Gasteiger partial charge in [0.15, 0.2) is 12.4 Å². The van der Waals surface area contributed by atoms with Gasteiger partial charge < -0.3 is 10.1 Å². The number of carbonyl (C=O) groups is 2. The van der Waals surface area contributed by atoms with Crippen molar-refractivity contribution in [3.8, 4) is 5.75 Å². The van der Waals surface area contributed by atoms with Crippen molar-refractivity contribution in [2.24, 2.45) is 0 Å². The maximum Gasteiger partial charge on any atom is 0.258 e. The van der Waals surface area contributed by atoms with Crippen LogP contribution in [-0.2, 0) is 11.3 Å². The second-order valence-corrected chi connectivity index (χ2v) is 5.00. The maximum absolute atomic E-state index is 13.0. The largest absolute Gasteiger partial charge is 0.484 e. The standard InChI is InChI=1S/C18H18FNO3/c1-2-17(21)14-6-8-16(9-7-14)23-12-18(22)20-11-13-4-3-5-15(19)10-13/h3-10H,2,11-12H2,1H3,(H,20,22). The molecule has 0 saturated carbocycles. The monoisotopic (exact) mass is 315 g/mol. The summed E-state index contributed by atoms with van der Waals surface area (Å²) in [5.74, 6) is -0.0689. The van der Waals surface area contributed by atoms with Crippen LogP contribution in [0.3, 0.4) is 0 Å². The summed E-state index contributed by atoms with van der Waals surface area (Å²) in [6.45, 7) is 1.90. The van der Waals surface area contributed by atoms with Crippen molar-refractivity contribution in [3.63, 3.8) is 0 Å². The van der Waals surface area contributed by atoms with E-state index in [1.807, 2.05) is 0 Å². The van der Waals surface area contributed by atoms with E-state index in [1.54, 1.807) is 43.3 Å². The van der Waals surface area contributed by atoms with Gasteiger partial charge in [0.05, 0.1) is 0 Å². The molecule has 0 saturated heterocycles. The van der Waals surface area contributed by atoms with Gasteiger partial charge >= 0.3 is 0 Å². The van der Waals surface area contributed by atoms with E-state index in [9.17, 15) is 14.0 Å². The Kier molecular flexibility index (Phi) is 5.86. The minimum absolute atomic E-state index is 0.0596. The van der Waals surface area contributed by atoms with Gasteiger partial charge in [-0.05, 0) is 42.0 Å². The molecule has 0 unspecified atom stereocenters. The highest BCUT2D eigenvalue weighted by Crippen LogP contribution is 2.13. The summed E-state index contributed by atoms with van der Waals surface area (Å²) < 4.78 is 18.4. The molecule has 1 N–H and O–H groups in total. The average Bonchev–Trinajstić information content (AvgIpc) is 2.58. The van der Waals surface area contributed by atoms with Crippen LogP contribution in [0.1, 0.15) is 29.3 Å². The summed E-state index contributed by atoms with van der Waals surface area (Å²) in [6, 6.07) is 12.7. The number of hydrogen-bond acceptors (Lipinski definition) is 3. The predicted molar refractivity (Wildman–Crippen MR) is 84.8 cm³/mol. The molecule has 0 aromatic heterocycles. The van der Waals surface area contributed by atoms with Crippen molar-refractivity contribution in [2.45, 2.75) is 19.9 Å². The number of amides is 1. The van der Waals surface area contributed by atoms with Crippen LogP contribution < -0.4 is 10.1 Å². The zero-order chi connectivity index (χ0) is 16.7. The van der Waals surface area contributed by atoms with E-state index in [1.165, 1.54) is 12.1 Å². The quantitative estimate of drug-likeness (QED) is 0.799. The number of ketones is 1. The fourth-order valence-electron chi connectivity index (χ4n) is 1.99. The van der Waals surface area contributed by atoms with Crippen LogP contribution in [0.2, 0.25) is 0 Å². The first kappa shape index (κ1) is 16.7. The molecule has 5 heteroatoms. The van der Waals surface area contributed by atoms with Crippen molar-refractivity contribution in [1.29, 1.82) is 0 Å². The smallest absolute Gasteiger partial charge is 0.258 e. The lowest BCUT2D eigenvalue weighted by Crippen LogP contribution is -2.28. The van der Waals surface area contributed by atoms with Gasteiger partial charge in [-0.3, -0.25) is 9.59 Å². The first-order valence-corrected chi connectivity index (χ1v) is 7.35. The molecule has 0 atom stereocenters. The van der Waals surface area contributed by atoms with E-state index < -0.39 is 0 Å². The molecule has 4 nitrogen and oxygen atoms in total. The number of benzene rings is 2. The number of hydrogen-bond donors (Lipinski definition) is 1. The summed E-state index contributed by atoms with van der Waals surface area (Å²) in [5.41, 5.74) is 1.30. The van der Waals surface area contributed by atoms with Gasteiger partial charge in [0.1, 0.15) is 11.6 Å². The summed E-state index contributed by atoms with van der Waals surface area (Å²) in [7, 11) is 0. The third-order valence-corrected chi connectivity index (χ3v) is 3.25. The first-order chi connectivity index (χ1) is 11.1. The molecule has 0 fully saturated rings. The third kappa shape index (κ3) is 5.21. The van der Waals surface area contributed by atoms with E-state index in [0.717, 1.165) is 0 Å². The lowest BCUT2D eigenvalue weighted by Gasteiger charge is -2.08. The highest BCUT2D eigenvalue weighted by atomic mass is 19.1. The predicted octanol–water partition coefficient (Wildman–Crippen LogP) is 3.11. The second-order valence-electron chi connectivity index (χ2n) is 5.00. The lowest BCUT2D eigenvalue weighted by molar-refractivity contribution is -0.123. The minimum atomic E-state index is -0.338. The molecule has 0 bridgehead atoms. The average molecular weight is 315 g/mol. The topological polar surface area (TPSA) is 55.4 Å². The van der Waals surface area contributed by atoms with Crippen LogP contribution in [0.5, 0.6) is 5.75 Å². The van der Waals surface area contributed by atoms with E-state index >= 15 is 0 Å². The van der Waals surface area contributed by atoms with Crippen LogP contribution in [-0.4, -0.2) is 18.3 Å². The minimum Gasteiger partial charge on any atom is -0.484 e. The van der Waals surface area contributed by atoms with Crippen LogP contribution >= 0.6 is 0 Å². The van der Waals surface area contributed by atoms with Gasteiger partial charge in [0.2, 0.25) is 0 Å². The Morgan fingerprint density at radius 1 is 1.13 bits per heavy atom. The first-order valence-electron chi connectivity index (χ1n) is 7.35. The number of nitrogens with one attached hydrogen (secondary N) is 1. The third-order valence-electron chi connectivity index (χ3n) is 3.25. The number of rotatable bonds is 7. The summed E-state index contributed by atoms with van der Waals surface area (Å²) >= 11 is 0. The van der Waals surface area contributed by atoms with E-state index in [4.69, 9.17) is 4.74 Å². The fraction of sp³-hybridized carbons (Fsp3) is 0.222. The molecule has 2 rings (SSSR count). The Hall–Kier alpha value is -2.69. The Morgan fingerprint density at radius 2 is 1.87 bits per heavy atom. The lowest BCUT2D eigenvalue weighted by atomic mass is 10.1. The summed E-state index contributed by atoms with van der Waals surface area (Å²) in [4.78, 5) is 23.2. The molecule has 23 heavy (non-hydrogen) atoms. The SMILES string of the molecule is CCC(=O)c1ccc(OCC(=O)NCc2cccc(F)c2)cc1. The Morgan fingerprint density at radius 3 is 2.52 bits per heavy atom. The number of halogens is 1. The van der Waals surface area contributed by atoms with Gasteiger partial charge in [-0.25, -0.2) is 4.39 Å². The van der Waals surface area contributed by atoms with Crippen LogP contribution in [0, 0.1) is 5.82 Å².